The van der Waals surface area contributed by atoms with Crippen LogP contribution in [0, 0.1) is 0 Å². The highest BCUT2D eigenvalue weighted by Crippen LogP contribution is 2.51. The smallest absolute Gasteiger partial charge is 0.0605 e. The van der Waals surface area contributed by atoms with Gasteiger partial charge in [0.2, 0.25) is 0 Å². The highest BCUT2D eigenvalue weighted by atomic mass is 32.2. The Morgan fingerprint density at radius 2 is 1.57 bits per heavy atom. The lowest BCUT2D eigenvalue weighted by Gasteiger charge is -2.02. The van der Waals surface area contributed by atoms with E-state index < -0.39 is 0 Å². The van der Waals surface area contributed by atoms with Crippen molar-refractivity contribution in [3.05, 3.63) is 0 Å². The summed E-state index contributed by atoms with van der Waals surface area (Å²) in [7, 11) is 0. The Kier molecular flexibility index (Phi) is 1.24. The van der Waals surface area contributed by atoms with Crippen molar-refractivity contribution < 1.29 is 0 Å². The molecule has 7 heavy (non-hydrogen) atoms. The van der Waals surface area contributed by atoms with Gasteiger partial charge in [-0.15, -0.1) is 35.3 Å². The summed E-state index contributed by atoms with van der Waals surface area (Å²) < 4.78 is 1.94. The van der Waals surface area contributed by atoms with Gasteiger partial charge in [0.25, 0.3) is 0 Å². The van der Waals surface area contributed by atoms with Crippen LogP contribution in [0.15, 0.2) is 0 Å². The molecule has 0 aromatic heterocycles. The lowest BCUT2D eigenvalue weighted by atomic mass is 10.9. The number of hydrogen-bond acceptors (Lipinski definition) is 3. The van der Waals surface area contributed by atoms with Gasteiger partial charge in [0.15, 0.2) is 0 Å². The number of thioether (sulfide) groups is 3. The Hall–Kier alpha value is 1.05. The van der Waals surface area contributed by atoms with E-state index in [0.29, 0.717) is 0 Å². The van der Waals surface area contributed by atoms with Crippen LogP contribution in [0.5, 0.6) is 0 Å². The summed E-state index contributed by atoms with van der Waals surface area (Å²) >= 11 is 6.43. The molecule has 2 fully saturated rings. The van der Waals surface area contributed by atoms with E-state index in [1.165, 1.54) is 11.5 Å². The van der Waals surface area contributed by atoms with Crippen molar-refractivity contribution >= 4 is 35.3 Å². The van der Waals surface area contributed by atoms with Gasteiger partial charge in [-0.2, -0.15) is 0 Å². The largest absolute Gasteiger partial charge is 0.145 e. The van der Waals surface area contributed by atoms with Crippen molar-refractivity contribution in [2.24, 2.45) is 0 Å². The monoisotopic (exact) mass is 150 g/mol. The van der Waals surface area contributed by atoms with Crippen molar-refractivity contribution in [3.63, 3.8) is 0 Å². The van der Waals surface area contributed by atoms with Crippen LogP contribution in [-0.2, 0) is 0 Å². The van der Waals surface area contributed by atoms with Gasteiger partial charge in [0, 0.05) is 11.5 Å². The first kappa shape index (κ1) is 4.89. The van der Waals surface area contributed by atoms with Gasteiger partial charge >= 0.3 is 0 Å². The summed E-state index contributed by atoms with van der Waals surface area (Å²) in [6, 6.07) is 0. The van der Waals surface area contributed by atoms with E-state index in [1.807, 2.05) is 0 Å². The Bertz CT molecular complexity index is 65.0. The quantitative estimate of drug-likeness (QED) is 0.517. The predicted octanol–water partition coefficient (Wildman–Crippen LogP) is 1.87. The van der Waals surface area contributed by atoms with Crippen molar-refractivity contribution in [2.75, 3.05) is 11.5 Å². The zero-order valence-corrected chi connectivity index (χ0v) is 6.24. The first-order valence-corrected chi connectivity index (χ1v) is 5.38. The molecule has 0 aliphatic carbocycles. The molecule has 2 saturated heterocycles. The predicted molar refractivity (Wildman–Crippen MR) is 40.1 cm³/mol. The molecule has 0 aromatic carbocycles. The molecule has 2 unspecified atom stereocenters. The average Bonchev–Trinajstić information content (AvgIpc) is 2.22. The Balaban J connectivity index is 2.12. The summed E-state index contributed by atoms with van der Waals surface area (Å²) in [5.74, 6) is 2.81. The number of rotatable bonds is 0. The fraction of sp³-hybridized carbons (Fsp3) is 1.00. The van der Waals surface area contributed by atoms with Gasteiger partial charge in [-0.3, -0.25) is 0 Å². The van der Waals surface area contributed by atoms with Crippen molar-refractivity contribution in [1.29, 1.82) is 0 Å². The van der Waals surface area contributed by atoms with Crippen LogP contribution >= 0.6 is 35.3 Å². The molecule has 2 bridgehead atoms. The van der Waals surface area contributed by atoms with Gasteiger partial charge in [-0.25, -0.2) is 0 Å². The first-order chi connectivity index (χ1) is 3.45. The molecule has 0 spiro atoms. The van der Waals surface area contributed by atoms with Gasteiger partial charge < -0.3 is 0 Å². The van der Waals surface area contributed by atoms with Gasteiger partial charge in [-0.1, -0.05) is 0 Å². The maximum absolute atomic E-state index is 2.16. The molecule has 2 atom stereocenters. The van der Waals surface area contributed by atoms with Crippen LogP contribution in [0.1, 0.15) is 0 Å². The second-order valence-electron chi connectivity index (χ2n) is 1.66. The second-order valence-corrected chi connectivity index (χ2v) is 6.14. The summed E-state index contributed by atoms with van der Waals surface area (Å²) in [5.41, 5.74) is 0. The molecule has 3 heteroatoms. The van der Waals surface area contributed by atoms with Crippen molar-refractivity contribution in [1.82, 2.24) is 0 Å². The van der Waals surface area contributed by atoms with E-state index in [1.54, 1.807) is 0 Å². The Morgan fingerprint density at radius 3 is 1.71 bits per heavy atom. The van der Waals surface area contributed by atoms with Crippen molar-refractivity contribution in [3.8, 4) is 0 Å². The molecule has 0 saturated carbocycles. The molecule has 0 aromatic rings. The topological polar surface area (TPSA) is 0 Å². The highest BCUT2D eigenvalue weighted by molar-refractivity contribution is 8.31. The van der Waals surface area contributed by atoms with E-state index in [2.05, 4.69) is 35.3 Å². The van der Waals surface area contributed by atoms with Gasteiger partial charge in [-0.05, 0) is 0 Å². The molecule has 2 aliphatic heterocycles. The fourth-order valence-electron chi connectivity index (χ4n) is 0.794. The van der Waals surface area contributed by atoms with Crippen molar-refractivity contribution in [2.45, 2.75) is 9.16 Å². The third-order valence-electron chi connectivity index (χ3n) is 1.14. The van der Waals surface area contributed by atoms with Gasteiger partial charge in [0.1, 0.15) is 0 Å². The third kappa shape index (κ3) is 0.794. The van der Waals surface area contributed by atoms with E-state index in [4.69, 9.17) is 0 Å². The van der Waals surface area contributed by atoms with E-state index >= 15 is 0 Å². The molecule has 0 nitrogen and oxygen atoms in total. The lowest BCUT2D eigenvalue weighted by molar-refractivity contribution is 1.42. The maximum Gasteiger partial charge on any atom is 0.0605 e. The van der Waals surface area contributed by atoms with E-state index in [9.17, 15) is 0 Å². The highest BCUT2D eigenvalue weighted by Gasteiger charge is 2.32. The number of hydrogen-bond donors (Lipinski definition) is 0. The zero-order chi connectivity index (χ0) is 4.69. The molecule has 2 heterocycles. The van der Waals surface area contributed by atoms with Gasteiger partial charge in [0.05, 0.1) is 9.16 Å². The maximum atomic E-state index is 2.16. The summed E-state index contributed by atoms with van der Waals surface area (Å²) in [4.78, 5) is 0. The lowest BCUT2D eigenvalue weighted by Crippen LogP contribution is -1.97. The molecule has 2 rings (SSSR count). The molecule has 0 radical (unpaired) electrons. The first-order valence-electron chi connectivity index (χ1n) is 2.34. The molecule has 0 amide bonds. The summed E-state index contributed by atoms with van der Waals surface area (Å²) in [5, 5.41) is 0. The van der Waals surface area contributed by atoms with Crippen LogP contribution in [0.3, 0.4) is 0 Å². The van der Waals surface area contributed by atoms with Crippen LogP contribution in [0.2, 0.25) is 0 Å². The second kappa shape index (κ2) is 1.78. The van der Waals surface area contributed by atoms with E-state index in [0.717, 1.165) is 9.16 Å². The normalized spacial score (nSPS) is 48.0. The molecular weight excluding hydrogens is 144 g/mol. The van der Waals surface area contributed by atoms with Crippen LogP contribution < -0.4 is 0 Å². The Labute approximate surface area is 56.2 Å². The molecular formula is C4H6S3. The van der Waals surface area contributed by atoms with Crippen LogP contribution in [-0.4, -0.2) is 20.7 Å². The van der Waals surface area contributed by atoms with Crippen LogP contribution in [0.4, 0.5) is 0 Å². The third-order valence-corrected chi connectivity index (χ3v) is 6.54. The SMILES string of the molecule is C1SC2CSC1S2. The zero-order valence-electron chi connectivity index (χ0n) is 3.79. The molecule has 0 N–H and O–H groups in total. The van der Waals surface area contributed by atoms with E-state index in [-0.39, 0.29) is 0 Å². The number of fused-ring (bicyclic) bond motifs is 2. The molecule has 40 valence electrons. The summed E-state index contributed by atoms with van der Waals surface area (Å²) in [6.45, 7) is 0. The molecule has 2 aliphatic rings. The minimum atomic E-state index is 0.968. The fourth-order valence-corrected chi connectivity index (χ4v) is 6.33. The Morgan fingerprint density at radius 1 is 1.00 bits per heavy atom. The average molecular weight is 150 g/mol. The summed E-state index contributed by atoms with van der Waals surface area (Å²) in [6.07, 6.45) is 0. The minimum absolute atomic E-state index is 0.968. The standard InChI is InChI=1S/C4H6S3/c1-3-6-2-4(5-1)7-3/h3-4H,1-2H2. The van der Waals surface area contributed by atoms with Crippen LogP contribution in [0.25, 0.3) is 0 Å². The minimum Gasteiger partial charge on any atom is -0.145 e.